The van der Waals surface area contributed by atoms with Crippen LogP contribution >= 0.6 is 0 Å². The predicted molar refractivity (Wildman–Crippen MR) is 515 cm³/mol. The van der Waals surface area contributed by atoms with Gasteiger partial charge in [-0.3, -0.25) is 0 Å². The summed E-state index contributed by atoms with van der Waals surface area (Å²) in [5.74, 6) is -6.91. The minimum atomic E-state index is -1.34. The highest BCUT2D eigenvalue weighted by Crippen LogP contribution is 2.42. The molecular formula is C108H124N6O24. The van der Waals surface area contributed by atoms with Crippen LogP contribution in [0.5, 0.6) is 0 Å². The lowest BCUT2D eigenvalue weighted by Crippen LogP contribution is -2.38. The van der Waals surface area contributed by atoms with Crippen molar-refractivity contribution in [1.29, 1.82) is 0 Å². The van der Waals surface area contributed by atoms with Crippen LogP contribution in [0, 0.1) is 11.8 Å². The molecule has 1 saturated carbocycles. The molecule has 0 amide bonds. The van der Waals surface area contributed by atoms with Gasteiger partial charge in [-0.2, -0.15) is 0 Å². The molecule has 0 aliphatic heterocycles. The van der Waals surface area contributed by atoms with Gasteiger partial charge in [-0.15, -0.1) is 0 Å². The first kappa shape index (κ1) is 108. The first-order valence-corrected chi connectivity index (χ1v) is 45.0. The monoisotopic (exact) mass is 1890 g/mol. The molecule has 10 atom stereocenters. The van der Waals surface area contributed by atoms with E-state index in [4.69, 9.17) is 42.6 Å². The Kier molecular flexibility index (Phi) is 40.6. The van der Waals surface area contributed by atoms with Gasteiger partial charge in [-0.1, -0.05) is 210 Å². The summed E-state index contributed by atoms with van der Waals surface area (Å²) < 4.78 is 70.8. The van der Waals surface area contributed by atoms with E-state index in [1.54, 1.807) is 100 Å². The lowest BCUT2D eigenvalue weighted by Gasteiger charge is -2.23. The lowest BCUT2D eigenvalue weighted by atomic mass is 10.1. The Bertz CT molecular complexity index is 5600. The van der Waals surface area contributed by atoms with Crippen molar-refractivity contribution in [3.8, 4) is 0 Å². The zero-order valence-corrected chi connectivity index (χ0v) is 81.5. The minimum Gasteiger partial charge on any atom is -0.466 e. The topological polar surface area (TPSA) is 345 Å². The van der Waals surface area contributed by atoms with Crippen molar-refractivity contribution in [3.05, 3.63) is 360 Å². The number of hydrogen-bond acceptors (Lipinski definition) is 24. The van der Waals surface area contributed by atoms with Crippen LogP contribution in [-0.4, -0.2) is 177 Å². The molecule has 0 bridgehead atoms. The van der Waals surface area contributed by atoms with Gasteiger partial charge in [-0.05, 0) is 175 Å². The fourth-order valence-corrected chi connectivity index (χ4v) is 14.6. The van der Waals surface area contributed by atoms with Gasteiger partial charge in [0.15, 0.2) is 12.2 Å². The predicted octanol–water partition coefficient (Wildman–Crippen LogP) is 18.7. The van der Waals surface area contributed by atoms with E-state index in [0.717, 1.165) is 33.4 Å². The number of carbonyl (C=O) groups is 12. The van der Waals surface area contributed by atoms with Crippen LogP contribution in [0.1, 0.15) is 242 Å². The molecule has 13 rings (SSSR count). The van der Waals surface area contributed by atoms with Gasteiger partial charge < -0.3 is 84.2 Å². The summed E-state index contributed by atoms with van der Waals surface area (Å²) in [6.07, 6.45) is 8.27. The molecule has 30 heteroatoms. The number of nitrogens with zero attached hydrogens (tertiary/aromatic N) is 6. The number of benzene rings is 6. The quantitative estimate of drug-likeness (QED) is 0.0279. The molecule has 0 N–H and O–H groups in total. The van der Waals surface area contributed by atoms with Crippen LogP contribution in [0.4, 0.5) is 0 Å². The molecule has 0 saturated heterocycles. The SMILES string of the molecule is COC(=O)C(C)(C)OC(=O)c1cccn1[C@H](C)c1ccccc1.COC(=O)C1(OC(=O)c2cccn2[C@H](C)c2ccccc2)CC1.COC(=O)[C@@H](C)OC(=O)c1cccn1[C@H](C)c1ccccc1.COC(=O)[C@@H](OC(=O)c1cccn1[C@H](C)c1ccccc1)C(C)C.COC(=O)[C@H](C)OC(=O)c1cccn1[C@H](C)c1ccccc1.COC(=O)[C@H](OC(=O)c1cccn1[C@H](C)c1ccccc1)C(C)C. The van der Waals surface area contributed by atoms with Crippen molar-refractivity contribution in [1.82, 2.24) is 27.4 Å². The van der Waals surface area contributed by atoms with Crippen molar-refractivity contribution in [3.63, 3.8) is 0 Å². The van der Waals surface area contributed by atoms with E-state index >= 15 is 0 Å². The number of aromatic nitrogens is 6. The van der Waals surface area contributed by atoms with Crippen LogP contribution in [0.2, 0.25) is 0 Å². The maximum atomic E-state index is 12.5. The number of methoxy groups -OCH3 is 6. The van der Waals surface area contributed by atoms with Crippen LogP contribution in [0.15, 0.2) is 292 Å². The smallest absolute Gasteiger partial charge is 0.356 e. The van der Waals surface area contributed by atoms with Crippen molar-refractivity contribution in [2.45, 2.75) is 182 Å². The first-order valence-electron chi connectivity index (χ1n) is 45.0. The van der Waals surface area contributed by atoms with Gasteiger partial charge in [0.25, 0.3) is 0 Å². The summed E-state index contributed by atoms with van der Waals surface area (Å²) in [5.41, 5.74) is 6.47. The average molecular weight is 1890 g/mol. The zero-order chi connectivity index (χ0) is 101. The molecule has 12 aromatic rings. The standard InChI is InChI=1S/2C19H23NO4.C18H19NO4.C18H21NO4.2C17H19NO4/c2*1-13(2)17(19(22)23-4)24-18(21)16-11-8-12-20(16)14(3)15-9-6-5-7-10-15;1-13(14-7-4-3-5-8-14)19-12-6-9-15(19)16(20)23-18(10-11-18)17(21)22-2;1-13(14-9-6-5-7-10-14)19-12-8-11-15(19)16(20)23-18(2,3)17(21)22-4;2*1-12(14-8-5-4-6-9-14)18-11-7-10-15(18)17(20)22-13(2)16(19)21-3/h2*5-14,17H,1-4H3;3-9,12-13H,10-11H2,1-2H3;5-13H,1-4H3;2*4-13H,1-3H3/t14-,17+;14-,17-;2*13-;12-,13+;12-,13-/m111111/s1. The fraction of sp³-hybridized carbons (Fsp3) is 0.333. The molecule has 1 aliphatic rings. The number of carbonyl (C=O) groups excluding carboxylic acids is 12. The summed E-state index contributed by atoms with van der Waals surface area (Å²) in [6, 6.07) is 79.8. The van der Waals surface area contributed by atoms with Crippen LogP contribution in [-0.2, 0) is 85.6 Å². The number of rotatable bonds is 32. The van der Waals surface area contributed by atoms with Crippen LogP contribution < -0.4 is 0 Å². The van der Waals surface area contributed by atoms with Gasteiger partial charge in [0.1, 0.15) is 34.2 Å². The Morgan fingerprint density at radius 3 is 0.681 bits per heavy atom. The van der Waals surface area contributed by atoms with Gasteiger partial charge in [0, 0.05) is 61.9 Å². The van der Waals surface area contributed by atoms with Crippen LogP contribution in [0.25, 0.3) is 0 Å². The van der Waals surface area contributed by atoms with E-state index in [1.807, 2.05) is 288 Å². The normalized spacial score (nSPS) is 13.7. The Labute approximate surface area is 804 Å². The van der Waals surface area contributed by atoms with E-state index in [1.165, 1.54) is 70.4 Å². The van der Waals surface area contributed by atoms with Crippen molar-refractivity contribution >= 4 is 71.6 Å². The molecule has 6 aromatic carbocycles. The Balaban J connectivity index is 0.000000203. The maximum absolute atomic E-state index is 12.5. The number of hydrogen-bond donors (Lipinski definition) is 0. The number of ether oxygens (including phenoxy) is 12. The van der Waals surface area contributed by atoms with E-state index in [2.05, 4.69) is 14.2 Å². The Hall–Kier alpha value is -15.4. The molecular weight excluding hydrogens is 1770 g/mol. The summed E-state index contributed by atoms with van der Waals surface area (Å²) in [5, 5.41) is 0. The highest BCUT2D eigenvalue weighted by atomic mass is 16.6. The zero-order valence-electron chi connectivity index (χ0n) is 81.5. The molecule has 6 heterocycles. The van der Waals surface area contributed by atoms with Gasteiger partial charge >= 0.3 is 71.6 Å². The number of esters is 12. The second-order valence-electron chi connectivity index (χ2n) is 33.4. The van der Waals surface area contributed by atoms with Gasteiger partial charge in [0.05, 0.1) is 78.9 Å². The van der Waals surface area contributed by atoms with E-state index in [9.17, 15) is 57.5 Å². The average Bonchev–Trinajstić information content (AvgIpc) is 1.62. The summed E-state index contributed by atoms with van der Waals surface area (Å²) in [7, 11) is 7.64. The second kappa shape index (κ2) is 51.9. The summed E-state index contributed by atoms with van der Waals surface area (Å²) in [6.45, 7) is 25.2. The van der Waals surface area contributed by atoms with E-state index < -0.39 is 107 Å². The van der Waals surface area contributed by atoms with Crippen molar-refractivity contribution in [2.24, 2.45) is 11.8 Å². The highest BCUT2D eigenvalue weighted by molar-refractivity contribution is 5.95. The first-order chi connectivity index (χ1) is 65.9. The molecule has 1 aliphatic carbocycles. The minimum absolute atomic E-state index is 0.0120. The van der Waals surface area contributed by atoms with Gasteiger partial charge in [-0.25, -0.2) is 57.5 Å². The molecule has 138 heavy (non-hydrogen) atoms. The molecule has 730 valence electrons. The molecule has 1 fully saturated rings. The van der Waals surface area contributed by atoms with Crippen molar-refractivity contribution < 1.29 is 114 Å². The van der Waals surface area contributed by atoms with E-state index in [-0.39, 0.29) is 48.1 Å². The van der Waals surface area contributed by atoms with Crippen LogP contribution in [0.3, 0.4) is 0 Å². The fourth-order valence-electron chi connectivity index (χ4n) is 14.6. The highest BCUT2D eigenvalue weighted by Gasteiger charge is 2.56. The lowest BCUT2D eigenvalue weighted by molar-refractivity contribution is -0.159. The summed E-state index contributed by atoms with van der Waals surface area (Å²) in [4.78, 5) is 144. The molecule has 0 unspecified atom stereocenters. The van der Waals surface area contributed by atoms with Gasteiger partial charge in [0.2, 0.25) is 23.4 Å². The molecule has 6 aromatic heterocycles. The summed E-state index contributed by atoms with van der Waals surface area (Å²) >= 11 is 0. The largest absolute Gasteiger partial charge is 0.466 e. The molecule has 0 spiro atoms. The molecule has 0 radical (unpaired) electrons. The van der Waals surface area contributed by atoms with E-state index in [0.29, 0.717) is 47.0 Å². The third kappa shape index (κ3) is 29.1. The van der Waals surface area contributed by atoms with Crippen molar-refractivity contribution in [2.75, 3.05) is 42.7 Å². The maximum Gasteiger partial charge on any atom is 0.356 e. The third-order valence-electron chi connectivity index (χ3n) is 22.9. The Morgan fingerprint density at radius 2 is 0.478 bits per heavy atom. The second-order valence-corrected chi connectivity index (χ2v) is 33.4. The molecule has 30 nitrogen and oxygen atoms in total. The Morgan fingerprint density at radius 1 is 0.261 bits per heavy atom. The third-order valence-corrected chi connectivity index (χ3v) is 22.9.